The summed E-state index contributed by atoms with van der Waals surface area (Å²) in [6.07, 6.45) is -0.873. The van der Waals surface area contributed by atoms with Gasteiger partial charge in [0, 0.05) is 10.6 Å². The van der Waals surface area contributed by atoms with Gasteiger partial charge in [0.05, 0.1) is 16.9 Å². The van der Waals surface area contributed by atoms with Crippen LogP contribution in [0, 0.1) is 0 Å². The molecule has 4 nitrogen and oxygen atoms in total. The first-order valence-corrected chi connectivity index (χ1v) is 9.58. The number of halogens is 1. The van der Waals surface area contributed by atoms with Gasteiger partial charge in [-0.3, -0.25) is 4.79 Å². The third kappa shape index (κ3) is 2.93. The first-order valence-electron chi connectivity index (χ1n) is 9.20. The lowest BCUT2D eigenvalue weighted by Crippen LogP contribution is -2.31. The SMILES string of the molecule is O=C(c1ccc(Cl)cc1)[C@H]1Oc2c(c(=O)oc3ccccc23)[C@@H]1c1ccccc1. The second-order valence-electron chi connectivity index (χ2n) is 6.93. The molecule has 5 rings (SSSR count). The summed E-state index contributed by atoms with van der Waals surface area (Å²) in [4.78, 5) is 26.2. The van der Waals surface area contributed by atoms with Gasteiger partial charge in [0.2, 0.25) is 5.78 Å². The smallest absolute Gasteiger partial charge is 0.344 e. The third-order valence-corrected chi connectivity index (χ3v) is 5.46. The molecule has 0 saturated heterocycles. The highest BCUT2D eigenvalue weighted by Gasteiger charge is 2.44. The summed E-state index contributed by atoms with van der Waals surface area (Å²) in [5.74, 6) is -0.358. The fourth-order valence-corrected chi connectivity index (χ4v) is 3.99. The minimum Gasteiger partial charge on any atom is -0.480 e. The summed E-state index contributed by atoms with van der Waals surface area (Å²) in [5.41, 5.74) is 1.62. The van der Waals surface area contributed by atoms with E-state index in [4.69, 9.17) is 20.8 Å². The fraction of sp³-hybridized carbons (Fsp3) is 0.0833. The second kappa shape index (κ2) is 6.90. The average molecular weight is 403 g/mol. The van der Waals surface area contributed by atoms with Crippen molar-refractivity contribution in [1.82, 2.24) is 0 Å². The number of ether oxygens (including phenoxy) is 1. The quantitative estimate of drug-likeness (QED) is 0.348. The molecule has 0 radical (unpaired) electrons. The van der Waals surface area contributed by atoms with E-state index in [2.05, 4.69) is 0 Å². The van der Waals surface area contributed by atoms with E-state index in [1.165, 1.54) is 0 Å². The summed E-state index contributed by atoms with van der Waals surface area (Å²) in [5, 5.41) is 1.22. The highest BCUT2D eigenvalue weighted by Crippen LogP contribution is 2.45. The van der Waals surface area contributed by atoms with E-state index in [1.54, 1.807) is 36.4 Å². The lowest BCUT2D eigenvalue weighted by Gasteiger charge is -2.18. The molecule has 142 valence electrons. The number of Topliss-reactive ketones (excluding diaryl/α,β-unsaturated/α-hetero) is 1. The summed E-state index contributed by atoms with van der Waals surface area (Å²) in [6, 6.07) is 23.3. The van der Waals surface area contributed by atoms with E-state index >= 15 is 0 Å². The number of benzene rings is 3. The predicted molar refractivity (Wildman–Crippen MR) is 111 cm³/mol. The standard InChI is InChI=1S/C24H15ClO4/c25-16-12-10-15(11-13-16)21(26)23-19(14-6-2-1-3-7-14)20-22(29-23)17-8-4-5-9-18(17)28-24(20)27/h1-13,19,23H/t19-,23-/m0/s1. The van der Waals surface area contributed by atoms with Crippen molar-refractivity contribution in [2.45, 2.75) is 12.0 Å². The Kier molecular flexibility index (Phi) is 4.22. The number of rotatable bonds is 3. The molecule has 0 bridgehead atoms. The normalized spacial score (nSPS) is 17.7. The van der Waals surface area contributed by atoms with Crippen LogP contribution in [0.25, 0.3) is 11.0 Å². The van der Waals surface area contributed by atoms with Gasteiger partial charge in [-0.25, -0.2) is 4.79 Å². The number of carbonyl (C=O) groups excluding carboxylic acids is 1. The molecule has 0 N–H and O–H groups in total. The van der Waals surface area contributed by atoms with Gasteiger partial charge in [-0.15, -0.1) is 0 Å². The molecule has 5 heteroatoms. The van der Waals surface area contributed by atoms with Crippen LogP contribution in [0.5, 0.6) is 5.75 Å². The first-order chi connectivity index (χ1) is 14.1. The molecule has 0 saturated carbocycles. The van der Waals surface area contributed by atoms with Crippen LogP contribution in [0.2, 0.25) is 5.02 Å². The molecule has 0 aliphatic carbocycles. The van der Waals surface area contributed by atoms with Crippen molar-refractivity contribution < 1.29 is 13.9 Å². The van der Waals surface area contributed by atoms with Crippen LogP contribution in [0.3, 0.4) is 0 Å². The van der Waals surface area contributed by atoms with E-state index in [9.17, 15) is 9.59 Å². The summed E-state index contributed by atoms with van der Waals surface area (Å²) >= 11 is 5.96. The van der Waals surface area contributed by atoms with Gasteiger partial charge in [0.25, 0.3) is 0 Å². The highest BCUT2D eigenvalue weighted by molar-refractivity contribution is 6.30. The van der Waals surface area contributed by atoms with E-state index in [0.29, 0.717) is 32.9 Å². The van der Waals surface area contributed by atoms with Crippen LogP contribution in [0.15, 0.2) is 88.1 Å². The average Bonchev–Trinajstić information content (AvgIpc) is 3.16. The Balaban J connectivity index is 1.72. The predicted octanol–water partition coefficient (Wildman–Crippen LogP) is 5.22. The molecule has 1 aliphatic rings. The van der Waals surface area contributed by atoms with Crippen molar-refractivity contribution >= 4 is 28.4 Å². The van der Waals surface area contributed by atoms with Gasteiger partial charge in [0.15, 0.2) is 6.10 Å². The number of hydrogen-bond acceptors (Lipinski definition) is 4. The molecule has 0 amide bonds. The molecular formula is C24H15ClO4. The molecule has 0 fully saturated rings. The maximum Gasteiger partial charge on any atom is 0.344 e. The number of para-hydroxylation sites is 1. The molecule has 1 aliphatic heterocycles. The third-order valence-electron chi connectivity index (χ3n) is 5.20. The molecule has 2 atom stereocenters. The Morgan fingerprint density at radius 1 is 0.862 bits per heavy atom. The molecular weight excluding hydrogens is 388 g/mol. The van der Waals surface area contributed by atoms with Crippen molar-refractivity contribution in [2.75, 3.05) is 0 Å². The molecule has 3 aromatic carbocycles. The van der Waals surface area contributed by atoms with Crippen molar-refractivity contribution in [3.8, 4) is 5.75 Å². The van der Waals surface area contributed by atoms with Crippen molar-refractivity contribution in [3.05, 3.63) is 111 Å². The van der Waals surface area contributed by atoms with E-state index in [1.807, 2.05) is 42.5 Å². The van der Waals surface area contributed by atoms with Crippen LogP contribution >= 0.6 is 11.6 Å². The molecule has 0 unspecified atom stereocenters. The molecule has 0 spiro atoms. The molecule has 1 aromatic heterocycles. The first kappa shape index (κ1) is 17.7. The van der Waals surface area contributed by atoms with Crippen LogP contribution in [0.1, 0.15) is 27.4 Å². The topological polar surface area (TPSA) is 56.5 Å². The zero-order chi connectivity index (χ0) is 20.0. The lowest BCUT2D eigenvalue weighted by atomic mass is 9.85. The number of hydrogen-bond donors (Lipinski definition) is 0. The Labute approximate surface area is 171 Å². The Morgan fingerprint density at radius 3 is 2.31 bits per heavy atom. The van der Waals surface area contributed by atoms with Gasteiger partial charge in [-0.05, 0) is 42.0 Å². The lowest BCUT2D eigenvalue weighted by molar-refractivity contribution is 0.0808. The van der Waals surface area contributed by atoms with Crippen LogP contribution in [-0.4, -0.2) is 11.9 Å². The van der Waals surface area contributed by atoms with Crippen LogP contribution in [-0.2, 0) is 0 Å². The van der Waals surface area contributed by atoms with Gasteiger partial charge >= 0.3 is 5.63 Å². The highest BCUT2D eigenvalue weighted by atomic mass is 35.5. The molecule has 2 heterocycles. The Hall–Kier alpha value is -3.37. The molecule has 29 heavy (non-hydrogen) atoms. The monoisotopic (exact) mass is 402 g/mol. The molecule has 4 aromatic rings. The van der Waals surface area contributed by atoms with Gasteiger partial charge in [-0.2, -0.15) is 0 Å². The van der Waals surface area contributed by atoms with Crippen molar-refractivity contribution in [1.29, 1.82) is 0 Å². The van der Waals surface area contributed by atoms with Crippen molar-refractivity contribution in [2.24, 2.45) is 0 Å². The van der Waals surface area contributed by atoms with E-state index < -0.39 is 17.6 Å². The van der Waals surface area contributed by atoms with Gasteiger partial charge in [0.1, 0.15) is 11.3 Å². The zero-order valence-corrected chi connectivity index (χ0v) is 15.9. The van der Waals surface area contributed by atoms with Gasteiger partial charge < -0.3 is 9.15 Å². The Bertz CT molecular complexity index is 1280. The largest absolute Gasteiger partial charge is 0.480 e. The maximum atomic E-state index is 13.4. The summed E-state index contributed by atoms with van der Waals surface area (Å²) < 4.78 is 11.7. The number of carbonyl (C=O) groups is 1. The fourth-order valence-electron chi connectivity index (χ4n) is 3.86. The summed E-state index contributed by atoms with van der Waals surface area (Å²) in [6.45, 7) is 0. The summed E-state index contributed by atoms with van der Waals surface area (Å²) in [7, 11) is 0. The number of ketones is 1. The van der Waals surface area contributed by atoms with E-state index in [0.717, 1.165) is 5.56 Å². The number of fused-ring (bicyclic) bond motifs is 3. The van der Waals surface area contributed by atoms with Gasteiger partial charge in [-0.1, -0.05) is 54.1 Å². The van der Waals surface area contributed by atoms with Crippen LogP contribution < -0.4 is 10.4 Å². The minimum atomic E-state index is -0.873. The van der Waals surface area contributed by atoms with E-state index in [-0.39, 0.29) is 5.78 Å². The minimum absolute atomic E-state index is 0.213. The van der Waals surface area contributed by atoms with Crippen LogP contribution in [0.4, 0.5) is 0 Å². The second-order valence-corrected chi connectivity index (χ2v) is 7.36. The van der Waals surface area contributed by atoms with Crippen molar-refractivity contribution in [3.63, 3.8) is 0 Å². The maximum absolute atomic E-state index is 13.4. The Morgan fingerprint density at radius 2 is 1.55 bits per heavy atom. The zero-order valence-electron chi connectivity index (χ0n) is 15.2.